The van der Waals surface area contributed by atoms with E-state index in [-0.39, 0.29) is 24.1 Å². The van der Waals surface area contributed by atoms with Crippen molar-refractivity contribution in [1.82, 2.24) is 0 Å². The lowest BCUT2D eigenvalue weighted by Gasteiger charge is -2.12. The molecule has 0 bridgehead atoms. The van der Waals surface area contributed by atoms with Crippen molar-refractivity contribution in [3.05, 3.63) is 47.2 Å². The number of hydrogen-bond acceptors (Lipinski definition) is 3. The normalized spacial score (nSPS) is 12.2. The first kappa shape index (κ1) is 15.7. The molecule has 0 atom stereocenters. The molecule has 20 heavy (non-hydrogen) atoms. The molecule has 1 aromatic carbocycles. The number of alkyl halides is 3. The van der Waals surface area contributed by atoms with Crippen molar-refractivity contribution in [2.45, 2.75) is 19.0 Å². The Labute approximate surface area is 113 Å². The second-order valence-corrected chi connectivity index (χ2v) is 4.10. The summed E-state index contributed by atoms with van der Waals surface area (Å²) in [6.45, 7) is 0. The first-order chi connectivity index (χ1) is 9.21. The van der Waals surface area contributed by atoms with E-state index < -0.39 is 23.4 Å². The van der Waals surface area contributed by atoms with Crippen LogP contribution in [0.25, 0.3) is 0 Å². The summed E-state index contributed by atoms with van der Waals surface area (Å²) in [4.78, 5) is 21.5. The summed E-state index contributed by atoms with van der Waals surface area (Å²) < 4.78 is 38.2. The molecule has 1 rings (SSSR count). The third-order valence-electron chi connectivity index (χ3n) is 2.57. The van der Waals surface area contributed by atoms with Gasteiger partial charge in [-0.3, -0.25) is 9.59 Å². The minimum Gasteiger partial charge on any atom is -0.402 e. The van der Waals surface area contributed by atoms with E-state index >= 15 is 0 Å². The van der Waals surface area contributed by atoms with Crippen LogP contribution in [0.5, 0.6) is 0 Å². The van der Waals surface area contributed by atoms with Gasteiger partial charge in [-0.25, -0.2) is 0 Å². The van der Waals surface area contributed by atoms with Crippen LogP contribution in [-0.2, 0) is 22.2 Å². The van der Waals surface area contributed by atoms with E-state index in [0.29, 0.717) is 0 Å². The fraction of sp³-hybridized carbons (Fsp3) is 0.231. The molecule has 1 aromatic rings. The van der Waals surface area contributed by atoms with E-state index in [1.165, 1.54) is 18.2 Å². The van der Waals surface area contributed by atoms with Gasteiger partial charge in [0.2, 0.25) is 5.78 Å². The minimum atomic E-state index is -4.45. The molecule has 4 N–H and O–H groups in total. The minimum absolute atomic E-state index is 0.00403. The zero-order chi connectivity index (χ0) is 15.3. The summed E-state index contributed by atoms with van der Waals surface area (Å²) >= 11 is 0. The number of primary amides is 1. The first-order valence-electron chi connectivity index (χ1n) is 5.66. The maximum absolute atomic E-state index is 12.7. The van der Waals surface area contributed by atoms with Crippen LogP contribution in [0.15, 0.2) is 36.0 Å². The van der Waals surface area contributed by atoms with Crippen LogP contribution in [0.1, 0.15) is 17.5 Å². The molecule has 7 heteroatoms. The topological polar surface area (TPSA) is 86.2 Å². The summed E-state index contributed by atoms with van der Waals surface area (Å²) in [5.41, 5.74) is 9.54. The van der Waals surface area contributed by atoms with Crippen molar-refractivity contribution in [3.8, 4) is 0 Å². The smallest absolute Gasteiger partial charge is 0.402 e. The number of nitrogens with two attached hydrogens (primary N) is 2. The Morgan fingerprint density at radius 3 is 2.30 bits per heavy atom. The van der Waals surface area contributed by atoms with Gasteiger partial charge in [-0.15, -0.1) is 0 Å². The van der Waals surface area contributed by atoms with Crippen molar-refractivity contribution in [1.29, 1.82) is 0 Å². The van der Waals surface area contributed by atoms with Crippen molar-refractivity contribution < 1.29 is 22.8 Å². The summed E-state index contributed by atoms with van der Waals surface area (Å²) in [5.74, 6) is -2.14. The molecule has 0 unspecified atom stereocenters. The fourth-order valence-corrected chi connectivity index (χ4v) is 1.61. The van der Waals surface area contributed by atoms with Gasteiger partial charge in [0.1, 0.15) is 0 Å². The van der Waals surface area contributed by atoms with Gasteiger partial charge in [0, 0.05) is 11.8 Å². The molecule has 0 aliphatic heterocycles. The highest BCUT2D eigenvalue weighted by molar-refractivity contribution is 6.40. The number of carbonyl (C=O) groups is 2. The molecule has 0 fully saturated rings. The molecular weight excluding hydrogens is 273 g/mol. The quantitative estimate of drug-likeness (QED) is 0.636. The number of hydrogen-bond donors (Lipinski definition) is 2. The summed E-state index contributed by atoms with van der Waals surface area (Å²) in [6, 6.07) is 5.09. The van der Waals surface area contributed by atoms with Crippen molar-refractivity contribution in [2.75, 3.05) is 0 Å². The Bertz CT molecular complexity index is 551. The largest absolute Gasteiger partial charge is 0.416 e. The van der Waals surface area contributed by atoms with Gasteiger partial charge in [0.25, 0.3) is 5.91 Å². The molecule has 0 aromatic heterocycles. The molecule has 108 valence electrons. The van der Waals surface area contributed by atoms with Crippen molar-refractivity contribution in [2.24, 2.45) is 11.5 Å². The van der Waals surface area contributed by atoms with Crippen LogP contribution in [0.3, 0.4) is 0 Å². The van der Waals surface area contributed by atoms with Crippen LogP contribution >= 0.6 is 0 Å². The Kier molecular flexibility index (Phi) is 4.90. The van der Waals surface area contributed by atoms with Crippen LogP contribution in [0.4, 0.5) is 13.2 Å². The first-order valence-corrected chi connectivity index (χ1v) is 5.66. The third kappa shape index (κ3) is 4.42. The van der Waals surface area contributed by atoms with Gasteiger partial charge >= 0.3 is 6.18 Å². The van der Waals surface area contributed by atoms with Crippen molar-refractivity contribution >= 4 is 11.7 Å². The van der Waals surface area contributed by atoms with E-state index in [2.05, 4.69) is 0 Å². The van der Waals surface area contributed by atoms with Gasteiger partial charge in [0.15, 0.2) is 0 Å². The van der Waals surface area contributed by atoms with E-state index in [1.54, 1.807) is 0 Å². The number of halogens is 3. The molecule has 4 nitrogen and oxygen atoms in total. The van der Waals surface area contributed by atoms with Crippen LogP contribution in [0.2, 0.25) is 0 Å². The highest BCUT2D eigenvalue weighted by atomic mass is 19.4. The highest BCUT2D eigenvalue weighted by Gasteiger charge is 2.32. The number of aryl methyl sites for hydroxylation is 1. The average molecular weight is 286 g/mol. The Hall–Kier alpha value is -2.31. The third-order valence-corrected chi connectivity index (χ3v) is 2.57. The van der Waals surface area contributed by atoms with E-state index in [4.69, 9.17) is 11.5 Å². The number of carbonyl (C=O) groups excluding carboxylic acids is 2. The predicted octanol–water partition coefficient (Wildman–Crippen LogP) is 1.54. The maximum Gasteiger partial charge on any atom is 0.416 e. The number of ketones is 1. The highest BCUT2D eigenvalue weighted by Crippen LogP contribution is 2.32. The van der Waals surface area contributed by atoms with Crippen molar-refractivity contribution in [3.63, 3.8) is 0 Å². The molecule has 1 amide bonds. The maximum atomic E-state index is 12.7. The Morgan fingerprint density at radius 2 is 1.75 bits per heavy atom. The van der Waals surface area contributed by atoms with E-state index in [0.717, 1.165) is 12.1 Å². The van der Waals surface area contributed by atoms with Crippen LogP contribution in [0, 0.1) is 0 Å². The lowest BCUT2D eigenvalue weighted by Crippen LogP contribution is -2.22. The lowest BCUT2D eigenvalue weighted by atomic mass is 10.0. The van der Waals surface area contributed by atoms with Crippen LogP contribution < -0.4 is 11.5 Å². The molecule has 0 saturated carbocycles. The monoisotopic (exact) mass is 286 g/mol. The zero-order valence-corrected chi connectivity index (χ0v) is 10.4. The number of amides is 1. The Balaban J connectivity index is 2.81. The van der Waals surface area contributed by atoms with Crippen LogP contribution in [-0.4, -0.2) is 11.7 Å². The van der Waals surface area contributed by atoms with Gasteiger partial charge < -0.3 is 11.5 Å². The standard InChI is InChI=1S/C13H13F3N2O2/c14-13(15,16)10-4-2-1-3-8(10)5-6-9(17)7-11(19)12(18)20/h1-4,7H,5-6,17H2,(H2,18,20)/b9-7-. The summed E-state index contributed by atoms with van der Waals surface area (Å²) in [7, 11) is 0. The zero-order valence-electron chi connectivity index (χ0n) is 10.4. The second-order valence-electron chi connectivity index (χ2n) is 4.10. The van der Waals surface area contributed by atoms with Gasteiger partial charge in [-0.05, 0) is 24.5 Å². The molecule has 0 radical (unpaired) electrons. The van der Waals surface area contributed by atoms with Gasteiger partial charge in [0.05, 0.1) is 5.56 Å². The number of benzene rings is 1. The molecule has 0 spiro atoms. The molecule has 0 aliphatic carbocycles. The molecule has 0 heterocycles. The lowest BCUT2D eigenvalue weighted by molar-refractivity contribution is -0.138. The molecular formula is C13H13F3N2O2. The number of rotatable bonds is 5. The second kappa shape index (κ2) is 6.23. The molecule has 0 aliphatic rings. The Morgan fingerprint density at radius 1 is 1.15 bits per heavy atom. The SMILES string of the molecule is NC(=O)C(=O)/C=C(\N)CCc1ccccc1C(F)(F)F. The predicted molar refractivity (Wildman–Crippen MR) is 66.2 cm³/mol. The number of allylic oxidation sites excluding steroid dienone is 1. The molecule has 0 saturated heterocycles. The average Bonchev–Trinajstić information content (AvgIpc) is 2.35. The summed E-state index contributed by atoms with van der Waals surface area (Å²) in [6.07, 6.45) is -3.59. The van der Waals surface area contributed by atoms with E-state index in [1.807, 2.05) is 0 Å². The van der Waals surface area contributed by atoms with Gasteiger partial charge in [-0.2, -0.15) is 13.2 Å². The van der Waals surface area contributed by atoms with Gasteiger partial charge in [-0.1, -0.05) is 18.2 Å². The van der Waals surface area contributed by atoms with E-state index in [9.17, 15) is 22.8 Å². The fourth-order valence-electron chi connectivity index (χ4n) is 1.61. The summed E-state index contributed by atoms with van der Waals surface area (Å²) in [5, 5.41) is 0.